The highest BCUT2D eigenvalue weighted by molar-refractivity contribution is 6.54. The van der Waals surface area contributed by atoms with Gasteiger partial charge in [0.25, 0.3) is 0 Å². The van der Waals surface area contributed by atoms with Crippen LogP contribution in [0.5, 0.6) is 0 Å². The molecule has 14 heavy (non-hydrogen) atoms. The molecule has 1 rings (SSSR count). The Hall–Kier alpha value is -1.31. The molecule has 0 aliphatic heterocycles. The summed E-state index contributed by atoms with van der Waals surface area (Å²) in [4.78, 5) is 11.2. The largest absolute Gasteiger partial charge is 0.296 e. The quantitative estimate of drug-likeness (QED) is 0.523. The lowest BCUT2D eigenvalue weighted by molar-refractivity contribution is -0.113. The van der Waals surface area contributed by atoms with Gasteiger partial charge in [-0.1, -0.05) is 37.2 Å². The molecule has 0 aliphatic rings. The van der Waals surface area contributed by atoms with Crippen LogP contribution in [0.2, 0.25) is 6.82 Å². The third kappa shape index (κ3) is 2.59. The number of hydrogen-bond acceptors (Lipinski definition) is 1. The molecule has 1 nitrogen and oxygen atoms in total. The summed E-state index contributed by atoms with van der Waals surface area (Å²) in [6.07, 6.45) is 1.98. The zero-order valence-electron chi connectivity index (χ0n) is 9.00. The molecule has 0 aromatic heterocycles. The summed E-state index contributed by atoms with van der Waals surface area (Å²) in [5.74, 6) is 0.163. The van der Waals surface area contributed by atoms with E-state index in [-0.39, 0.29) is 5.78 Å². The van der Waals surface area contributed by atoms with E-state index in [0.29, 0.717) is 0 Å². The maximum Gasteiger partial charge on any atom is 0.159 e. The van der Waals surface area contributed by atoms with Gasteiger partial charge < -0.3 is 0 Å². The molecule has 0 amide bonds. The van der Waals surface area contributed by atoms with Crippen molar-refractivity contribution in [3.05, 3.63) is 40.9 Å². The number of aryl methyl sites for hydroxylation is 1. The molecule has 0 heterocycles. The first kappa shape index (κ1) is 10.8. The molecule has 0 N–H and O–H groups in total. The van der Waals surface area contributed by atoms with Crippen molar-refractivity contribution in [1.29, 1.82) is 0 Å². The summed E-state index contributed by atoms with van der Waals surface area (Å²) in [6.45, 7) is 5.68. The SMILES string of the molecule is CB/C(=C/c1ccccc1C)C(C)=O. The summed E-state index contributed by atoms with van der Waals surface area (Å²) in [5.41, 5.74) is 3.23. The summed E-state index contributed by atoms with van der Waals surface area (Å²) < 4.78 is 0. The average molecular weight is 186 g/mol. The first-order valence-corrected chi connectivity index (χ1v) is 4.92. The minimum Gasteiger partial charge on any atom is -0.296 e. The molecular weight excluding hydrogens is 171 g/mol. The van der Waals surface area contributed by atoms with Gasteiger partial charge in [-0.3, -0.25) is 4.79 Å². The molecule has 0 saturated heterocycles. The predicted molar refractivity (Wildman–Crippen MR) is 62.9 cm³/mol. The number of carbonyl (C=O) groups excluding carboxylic acids is 1. The third-order valence-electron chi connectivity index (χ3n) is 2.35. The van der Waals surface area contributed by atoms with Crippen molar-refractivity contribution in [2.45, 2.75) is 20.7 Å². The fourth-order valence-electron chi connectivity index (χ4n) is 1.39. The average Bonchev–Trinajstić information content (AvgIpc) is 2.16. The minimum absolute atomic E-state index is 0.163. The second kappa shape index (κ2) is 4.80. The highest BCUT2D eigenvalue weighted by atomic mass is 16.1. The first-order valence-electron chi connectivity index (χ1n) is 4.92. The standard InChI is InChI=1S/C12H15BO/c1-9-6-4-5-7-11(9)8-12(13-3)10(2)14/h4-8,13H,1-3H3/b12-8+. The number of ketones is 1. The molecule has 0 atom stereocenters. The lowest BCUT2D eigenvalue weighted by Crippen LogP contribution is -2.02. The van der Waals surface area contributed by atoms with E-state index in [1.54, 1.807) is 6.92 Å². The smallest absolute Gasteiger partial charge is 0.159 e. The van der Waals surface area contributed by atoms with Crippen molar-refractivity contribution in [1.82, 2.24) is 0 Å². The first-order chi connectivity index (χ1) is 6.65. The van der Waals surface area contributed by atoms with Crippen molar-refractivity contribution < 1.29 is 4.79 Å². The van der Waals surface area contributed by atoms with Crippen LogP contribution in [0.15, 0.2) is 29.7 Å². The van der Waals surface area contributed by atoms with Crippen molar-refractivity contribution in [3.8, 4) is 0 Å². The van der Waals surface area contributed by atoms with Gasteiger partial charge in [-0.05, 0) is 30.4 Å². The second-order valence-corrected chi connectivity index (χ2v) is 3.44. The normalized spacial score (nSPS) is 11.2. The van der Waals surface area contributed by atoms with Crippen molar-refractivity contribution >= 4 is 19.1 Å². The van der Waals surface area contributed by atoms with E-state index in [1.807, 2.05) is 31.1 Å². The van der Waals surface area contributed by atoms with E-state index in [0.717, 1.165) is 18.3 Å². The molecule has 0 spiro atoms. The van der Waals surface area contributed by atoms with E-state index < -0.39 is 0 Å². The molecule has 0 bridgehead atoms. The van der Waals surface area contributed by atoms with Crippen molar-refractivity contribution in [3.63, 3.8) is 0 Å². The Kier molecular flexibility index (Phi) is 3.69. The Morgan fingerprint density at radius 1 is 1.36 bits per heavy atom. The Morgan fingerprint density at radius 3 is 2.50 bits per heavy atom. The number of hydrogen-bond donors (Lipinski definition) is 0. The van der Waals surface area contributed by atoms with Crippen LogP contribution >= 0.6 is 0 Å². The fraction of sp³-hybridized carbons (Fsp3) is 0.250. The molecule has 1 aromatic rings. The number of allylic oxidation sites excluding steroid dienone is 1. The molecule has 72 valence electrons. The number of Topliss-reactive ketones (excluding diaryl/α,β-unsaturated/α-hetero) is 1. The van der Waals surface area contributed by atoms with Crippen molar-refractivity contribution in [2.24, 2.45) is 0 Å². The molecular formula is C12H15BO. The molecule has 2 heteroatoms. The molecule has 0 aliphatic carbocycles. The Labute approximate surface area is 86.1 Å². The maximum atomic E-state index is 11.2. The van der Waals surface area contributed by atoms with Gasteiger partial charge in [0.05, 0.1) is 0 Å². The number of benzene rings is 1. The van der Waals surface area contributed by atoms with Gasteiger partial charge >= 0.3 is 0 Å². The Bertz CT molecular complexity index is 366. The van der Waals surface area contributed by atoms with Crippen LogP contribution in [0.1, 0.15) is 18.1 Å². The minimum atomic E-state index is 0.163. The van der Waals surface area contributed by atoms with E-state index in [1.165, 1.54) is 5.56 Å². The fourth-order valence-corrected chi connectivity index (χ4v) is 1.39. The topological polar surface area (TPSA) is 17.1 Å². The summed E-state index contributed by atoms with van der Waals surface area (Å²) in [6, 6.07) is 8.09. The summed E-state index contributed by atoms with van der Waals surface area (Å²) in [5, 5.41) is 0. The lowest BCUT2D eigenvalue weighted by atomic mass is 9.70. The summed E-state index contributed by atoms with van der Waals surface area (Å²) in [7, 11) is 0.795. The van der Waals surface area contributed by atoms with Gasteiger partial charge in [0.1, 0.15) is 5.78 Å². The van der Waals surface area contributed by atoms with Crippen molar-refractivity contribution in [2.75, 3.05) is 0 Å². The van der Waals surface area contributed by atoms with Crippen LogP contribution in [0.3, 0.4) is 0 Å². The monoisotopic (exact) mass is 186 g/mol. The van der Waals surface area contributed by atoms with Crippen LogP contribution in [-0.4, -0.2) is 13.1 Å². The number of carbonyl (C=O) groups is 1. The van der Waals surface area contributed by atoms with Gasteiger partial charge in [-0.2, -0.15) is 0 Å². The molecule has 0 saturated carbocycles. The van der Waals surface area contributed by atoms with Gasteiger partial charge in [-0.25, -0.2) is 0 Å². The van der Waals surface area contributed by atoms with E-state index in [4.69, 9.17) is 0 Å². The van der Waals surface area contributed by atoms with Gasteiger partial charge in [0.2, 0.25) is 0 Å². The highest BCUT2D eigenvalue weighted by Gasteiger charge is 2.02. The van der Waals surface area contributed by atoms with E-state index >= 15 is 0 Å². The zero-order chi connectivity index (χ0) is 10.6. The molecule has 0 fully saturated rings. The third-order valence-corrected chi connectivity index (χ3v) is 2.35. The zero-order valence-corrected chi connectivity index (χ0v) is 9.00. The van der Waals surface area contributed by atoms with Gasteiger partial charge in [0, 0.05) is 0 Å². The lowest BCUT2D eigenvalue weighted by Gasteiger charge is -2.02. The molecule has 0 radical (unpaired) electrons. The van der Waals surface area contributed by atoms with Crippen LogP contribution in [0.4, 0.5) is 0 Å². The molecule has 0 unspecified atom stereocenters. The Balaban J connectivity index is 3.07. The van der Waals surface area contributed by atoms with Gasteiger partial charge in [0.15, 0.2) is 7.28 Å². The maximum absolute atomic E-state index is 11.2. The van der Waals surface area contributed by atoms with E-state index in [9.17, 15) is 4.79 Å². The van der Waals surface area contributed by atoms with Crippen LogP contribution in [0, 0.1) is 6.92 Å². The highest BCUT2D eigenvalue weighted by Crippen LogP contribution is 2.11. The predicted octanol–water partition coefficient (Wildman–Crippen LogP) is 2.41. The van der Waals surface area contributed by atoms with Gasteiger partial charge in [-0.15, -0.1) is 0 Å². The van der Waals surface area contributed by atoms with Crippen LogP contribution in [0.25, 0.3) is 6.08 Å². The Morgan fingerprint density at radius 2 is 2.00 bits per heavy atom. The second-order valence-electron chi connectivity index (χ2n) is 3.44. The molecule has 1 aromatic carbocycles. The summed E-state index contributed by atoms with van der Waals surface area (Å²) >= 11 is 0. The van der Waals surface area contributed by atoms with Crippen LogP contribution in [-0.2, 0) is 4.79 Å². The van der Waals surface area contributed by atoms with E-state index in [2.05, 4.69) is 13.0 Å². The van der Waals surface area contributed by atoms with Crippen LogP contribution < -0.4 is 0 Å². The number of rotatable bonds is 3.